The zero-order chi connectivity index (χ0) is 14.0. The third kappa shape index (κ3) is 2.99. The van der Waals surface area contributed by atoms with Crippen LogP contribution in [0.3, 0.4) is 0 Å². The summed E-state index contributed by atoms with van der Waals surface area (Å²) in [5.74, 6) is 1.09. The van der Waals surface area contributed by atoms with Gasteiger partial charge in [-0.2, -0.15) is 15.0 Å². The topological polar surface area (TPSA) is 106 Å². The van der Waals surface area contributed by atoms with Gasteiger partial charge < -0.3 is 16.8 Å². The highest BCUT2D eigenvalue weighted by Gasteiger charge is 2.36. The maximum atomic E-state index is 5.63. The average Bonchev–Trinajstić information content (AvgIpc) is 2.38. The van der Waals surface area contributed by atoms with Crippen molar-refractivity contribution in [1.29, 1.82) is 0 Å². The van der Waals surface area contributed by atoms with Crippen LogP contribution in [0, 0.1) is 5.41 Å². The minimum Gasteiger partial charge on any atom is -0.368 e. The van der Waals surface area contributed by atoms with Crippen molar-refractivity contribution in [2.45, 2.75) is 32.2 Å². The van der Waals surface area contributed by atoms with Gasteiger partial charge >= 0.3 is 0 Å². The number of aromatic nitrogens is 3. The van der Waals surface area contributed by atoms with Crippen molar-refractivity contribution < 1.29 is 0 Å². The molecule has 1 unspecified atom stereocenters. The standard InChI is InChI=1S/C13H23N7/c14-11-17-10(18-12(15)19-11)7-20-6-2-4-13(9-20)3-1-5-16-8-13/h16H,1-9H2,(H4,14,15,17,18,19). The summed E-state index contributed by atoms with van der Waals surface area (Å²) >= 11 is 0. The van der Waals surface area contributed by atoms with E-state index < -0.39 is 0 Å². The number of nitrogens with zero attached hydrogens (tertiary/aromatic N) is 4. The zero-order valence-electron chi connectivity index (χ0n) is 11.8. The number of hydrogen-bond donors (Lipinski definition) is 3. The van der Waals surface area contributed by atoms with Crippen LogP contribution < -0.4 is 16.8 Å². The largest absolute Gasteiger partial charge is 0.368 e. The summed E-state index contributed by atoms with van der Waals surface area (Å²) < 4.78 is 0. The Balaban J connectivity index is 1.67. The smallest absolute Gasteiger partial charge is 0.225 e. The Bertz CT molecular complexity index is 444. The van der Waals surface area contributed by atoms with Crippen molar-refractivity contribution in [2.24, 2.45) is 5.41 Å². The van der Waals surface area contributed by atoms with Crippen molar-refractivity contribution in [3.8, 4) is 0 Å². The average molecular weight is 277 g/mol. The van der Waals surface area contributed by atoms with Gasteiger partial charge in [0.2, 0.25) is 11.9 Å². The molecule has 2 fully saturated rings. The molecule has 1 aromatic rings. The van der Waals surface area contributed by atoms with E-state index in [0.717, 1.165) is 26.2 Å². The van der Waals surface area contributed by atoms with Crippen molar-refractivity contribution in [2.75, 3.05) is 37.6 Å². The molecule has 1 aromatic heterocycles. The molecule has 5 N–H and O–H groups in total. The van der Waals surface area contributed by atoms with Gasteiger partial charge in [0, 0.05) is 13.1 Å². The lowest BCUT2D eigenvalue weighted by molar-refractivity contribution is 0.0586. The van der Waals surface area contributed by atoms with Crippen LogP contribution in [0.15, 0.2) is 0 Å². The molecule has 1 atom stereocenters. The summed E-state index contributed by atoms with van der Waals surface area (Å²) in [5, 5.41) is 3.54. The highest BCUT2D eigenvalue weighted by atomic mass is 15.2. The monoisotopic (exact) mass is 277 g/mol. The lowest BCUT2D eigenvalue weighted by Crippen LogP contribution is -2.50. The SMILES string of the molecule is Nc1nc(N)nc(CN2CCCC3(CCCNC3)C2)n1. The number of anilines is 2. The van der Waals surface area contributed by atoms with Gasteiger partial charge in [-0.15, -0.1) is 0 Å². The first-order valence-corrected chi connectivity index (χ1v) is 7.34. The van der Waals surface area contributed by atoms with Gasteiger partial charge in [0.1, 0.15) is 5.82 Å². The molecule has 0 amide bonds. The van der Waals surface area contributed by atoms with Crippen molar-refractivity contribution in [3.63, 3.8) is 0 Å². The molecular weight excluding hydrogens is 254 g/mol. The van der Waals surface area contributed by atoms with Gasteiger partial charge in [-0.25, -0.2) is 0 Å². The lowest BCUT2D eigenvalue weighted by atomic mass is 9.74. The fourth-order valence-electron chi connectivity index (χ4n) is 3.55. The van der Waals surface area contributed by atoms with Crippen LogP contribution >= 0.6 is 0 Å². The number of nitrogens with two attached hydrogens (primary N) is 2. The fourth-order valence-corrected chi connectivity index (χ4v) is 3.55. The number of likely N-dealkylation sites (tertiary alicyclic amines) is 1. The van der Waals surface area contributed by atoms with E-state index in [1.54, 1.807) is 0 Å². The molecule has 3 heterocycles. The summed E-state index contributed by atoms with van der Waals surface area (Å²) in [7, 11) is 0. The fraction of sp³-hybridized carbons (Fsp3) is 0.769. The molecule has 20 heavy (non-hydrogen) atoms. The summed E-state index contributed by atoms with van der Waals surface area (Å²) in [6.07, 6.45) is 5.15. The van der Waals surface area contributed by atoms with E-state index in [2.05, 4.69) is 25.2 Å². The second-order valence-electron chi connectivity index (χ2n) is 6.06. The third-order valence-corrected chi connectivity index (χ3v) is 4.38. The van der Waals surface area contributed by atoms with Crippen molar-refractivity contribution >= 4 is 11.9 Å². The van der Waals surface area contributed by atoms with Gasteiger partial charge in [-0.3, -0.25) is 4.90 Å². The Kier molecular flexibility index (Phi) is 3.71. The summed E-state index contributed by atoms with van der Waals surface area (Å²) in [6, 6.07) is 0. The number of nitrogen functional groups attached to an aromatic ring is 2. The van der Waals surface area contributed by atoms with E-state index in [1.165, 1.54) is 25.7 Å². The Hall–Kier alpha value is -1.47. The molecule has 0 bridgehead atoms. The summed E-state index contributed by atoms with van der Waals surface area (Å²) in [5.41, 5.74) is 11.7. The Morgan fingerprint density at radius 3 is 2.55 bits per heavy atom. The van der Waals surface area contributed by atoms with Crippen LogP contribution in [-0.2, 0) is 6.54 Å². The summed E-state index contributed by atoms with van der Waals surface area (Å²) in [6.45, 7) is 5.19. The number of rotatable bonds is 2. The van der Waals surface area contributed by atoms with Crippen LogP contribution in [0.4, 0.5) is 11.9 Å². The maximum Gasteiger partial charge on any atom is 0.225 e. The van der Waals surface area contributed by atoms with Gasteiger partial charge in [0.25, 0.3) is 0 Å². The van der Waals surface area contributed by atoms with E-state index in [0.29, 0.717) is 17.8 Å². The van der Waals surface area contributed by atoms with Gasteiger partial charge in [0.15, 0.2) is 0 Å². The first kappa shape index (κ1) is 13.5. The predicted octanol–water partition coefficient (Wildman–Crippen LogP) is 0.00160. The quantitative estimate of drug-likeness (QED) is 0.698. The third-order valence-electron chi connectivity index (χ3n) is 4.38. The molecule has 2 aliphatic rings. The normalized spacial score (nSPS) is 27.8. The van der Waals surface area contributed by atoms with Crippen LogP contribution in [-0.4, -0.2) is 46.0 Å². The van der Waals surface area contributed by atoms with E-state index in [9.17, 15) is 0 Å². The van der Waals surface area contributed by atoms with Crippen LogP contribution in [0.2, 0.25) is 0 Å². The van der Waals surface area contributed by atoms with E-state index >= 15 is 0 Å². The van der Waals surface area contributed by atoms with E-state index in [1.807, 2.05) is 0 Å². The highest BCUT2D eigenvalue weighted by molar-refractivity contribution is 5.25. The second-order valence-corrected chi connectivity index (χ2v) is 6.06. The summed E-state index contributed by atoms with van der Waals surface area (Å²) in [4.78, 5) is 14.6. The Labute approximate surface area is 119 Å². The lowest BCUT2D eigenvalue weighted by Gasteiger charge is -2.45. The van der Waals surface area contributed by atoms with E-state index in [4.69, 9.17) is 11.5 Å². The van der Waals surface area contributed by atoms with E-state index in [-0.39, 0.29) is 11.9 Å². The molecular formula is C13H23N7. The van der Waals surface area contributed by atoms with Gasteiger partial charge in [-0.05, 0) is 44.2 Å². The first-order chi connectivity index (χ1) is 9.65. The number of piperidine rings is 2. The molecule has 0 aromatic carbocycles. The Morgan fingerprint density at radius 2 is 1.85 bits per heavy atom. The van der Waals surface area contributed by atoms with Crippen LogP contribution in [0.25, 0.3) is 0 Å². The maximum absolute atomic E-state index is 5.63. The molecule has 0 saturated carbocycles. The molecule has 3 rings (SSSR count). The molecule has 2 aliphatic heterocycles. The molecule has 2 saturated heterocycles. The van der Waals surface area contributed by atoms with Crippen molar-refractivity contribution in [3.05, 3.63) is 5.82 Å². The zero-order valence-corrected chi connectivity index (χ0v) is 11.8. The molecule has 110 valence electrons. The van der Waals surface area contributed by atoms with Crippen molar-refractivity contribution in [1.82, 2.24) is 25.2 Å². The number of hydrogen-bond acceptors (Lipinski definition) is 7. The molecule has 1 spiro atoms. The number of nitrogens with one attached hydrogen (secondary N) is 1. The predicted molar refractivity (Wildman–Crippen MR) is 77.7 cm³/mol. The Morgan fingerprint density at radius 1 is 1.10 bits per heavy atom. The highest BCUT2D eigenvalue weighted by Crippen LogP contribution is 2.36. The second kappa shape index (κ2) is 5.49. The van der Waals surface area contributed by atoms with Gasteiger partial charge in [0.05, 0.1) is 6.54 Å². The minimum atomic E-state index is 0.207. The molecule has 0 radical (unpaired) electrons. The molecule has 0 aliphatic carbocycles. The van der Waals surface area contributed by atoms with Crippen LogP contribution in [0.1, 0.15) is 31.5 Å². The van der Waals surface area contributed by atoms with Gasteiger partial charge in [-0.1, -0.05) is 0 Å². The minimum absolute atomic E-state index is 0.207. The first-order valence-electron chi connectivity index (χ1n) is 7.34. The van der Waals surface area contributed by atoms with Crippen LogP contribution in [0.5, 0.6) is 0 Å². The molecule has 7 heteroatoms. The molecule has 7 nitrogen and oxygen atoms in total.